The van der Waals surface area contributed by atoms with Gasteiger partial charge < -0.3 is 23.8 Å². The molecule has 176 valence electrons. The molecule has 1 spiro atoms. The van der Waals surface area contributed by atoms with Crippen molar-refractivity contribution in [1.82, 2.24) is 14.4 Å². The van der Waals surface area contributed by atoms with E-state index in [1.807, 2.05) is 55.4 Å². The van der Waals surface area contributed by atoms with E-state index in [9.17, 15) is 9.59 Å². The van der Waals surface area contributed by atoms with Crippen molar-refractivity contribution < 1.29 is 19.1 Å². The number of fused-ring (bicyclic) bond motifs is 2. The van der Waals surface area contributed by atoms with Crippen LogP contribution in [0.4, 0.5) is 0 Å². The number of amides is 2. The average Bonchev–Trinajstić information content (AvgIpc) is 3.46. The van der Waals surface area contributed by atoms with Crippen LogP contribution in [-0.2, 0) is 21.3 Å². The van der Waals surface area contributed by atoms with Gasteiger partial charge in [-0.05, 0) is 17.7 Å². The van der Waals surface area contributed by atoms with E-state index in [1.165, 1.54) is 0 Å². The third kappa shape index (κ3) is 3.18. The Morgan fingerprint density at radius 1 is 0.941 bits per heavy atom. The summed E-state index contributed by atoms with van der Waals surface area (Å²) in [6.07, 6.45) is 3.40. The second-order valence-electron chi connectivity index (χ2n) is 9.57. The zero-order chi connectivity index (χ0) is 23.4. The van der Waals surface area contributed by atoms with Crippen molar-refractivity contribution in [1.29, 1.82) is 0 Å². The fourth-order valence-corrected chi connectivity index (χ4v) is 5.99. The highest BCUT2D eigenvalue weighted by Gasteiger charge is 2.47. The summed E-state index contributed by atoms with van der Waals surface area (Å²) in [6, 6.07) is 15.3. The topological polar surface area (TPSA) is 64.0 Å². The molecule has 3 aromatic rings. The molecule has 0 aliphatic carbocycles. The minimum atomic E-state index is -0.539. The number of carbonyl (C=O) groups excluding carboxylic acids is 2. The number of hydrogen-bond donors (Lipinski definition) is 0. The first kappa shape index (κ1) is 21.4. The van der Waals surface area contributed by atoms with E-state index in [4.69, 9.17) is 9.47 Å². The van der Waals surface area contributed by atoms with E-state index in [1.54, 1.807) is 4.90 Å². The number of aromatic nitrogens is 1. The fourth-order valence-electron chi connectivity index (χ4n) is 5.99. The lowest BCUT2D eigenvalue weighted by Gasteiger charge is -2.43. The van der Waals surface area contributed by atoms with E-state index < -0.39 is 17.7 Å². The van der Waals surface area contributed by atoms with Gasteiger partial charge >= 0.3 is 0 Å². The minimum Gasteiger partial charge on any atom is -0.350 e. The zero-order valence-electron chi connectivity index (χ0n) is 19.6. The molecule has 3 aliphatic rings. The van der Waals surface area contributed by atoms with Crippen molar-refractivity contribution in [2.75, 3.05) is 33.4 Å². The monoisotopic (exact) mass is 459 g/mol. The molecule has 2 amide bonds. The Kier molecular flexibility index (Phi) is 5.00. The molecule has 4 heterocycles. The Morgan fingerprint density at radius 2 is 1.62 bits per heavy atom. The summed E-state index contributed by atoms with van der Waals surface area (Å²) in [4.78, 5) is 31.3. The standard InChI is InChI=1S/C27H29N3O4/c1-28-17-21(18-7-5-6-10-22(18)28)24-23(19-8-3-4-9-20(19)25(31)29(24)2)26(32)30-13-11-27(12-14-30)33-15-16-34-27/h3-10,17,23-24H,11-16H2,1-2H3. The number of carbonyl (C=O) groups is 2. The predicted molar refractivity (Wildman–Crippen MR) is 127 cm³/mol. The maximum atomic E-state index is 14.2. The Labute approximate surface area is 198 Å². The van der Waals surface area contributed by atoms with Crippen molar-refractivity contribution >= 4 is 22.7 Å². The molecule has 0 N–H and O–H groups in total. The number of likely N-dealkylation sites (N-methyl/N-ethyl adjacent to an activating group) is 1. The fraction of sp³-hybridized carbons (Fsp3) is 0.407. The second-order valence-corrected chi connectivity index (χ2v) is 9.57. The lowest BCUT2D eigenvalue weighted by Crippen LogP contribution is -2.51. The summed E-state index contributed by atoms with van der Waals surface area (Å²) in [5.74, 6) is -1.02. The Bertz CT molecular complexity index is 1270. The molecule has 0 saturated carbocycles. The Morgan fingerprint density at radius 3 is 2.38 bits per heavy atom. The first-order valence-electron chi connectivity index (χ1n) is 12.0. The van der Waals surface area contributed by atoms with Crippen LogP contribution in [-0.4, -0.2) is 65.3 Å². The summed E-state index contributed by atoms with van der Waals surface area (Å²) in [5.41, 5.74) is 3.49. The van der Waals surface area contributed by atoms with Gasteiger partial charge in [-0.2, -0.15) is 0 Å². The quantitative estimate of drug-likeness (QED) is 0.589. The molecule has 0 bridgehead atoms. The summed E-state index contributed by atoms with van der Waals surface area (Å²) >= 11 is 0. The number of rotatable bonds is 2. The molecular weight excluding hydrogens is 430 g/mol. The number of hydrogen-bond acceptors (Lipinski definition) is 4. The van der Waals surface area contributed by atoms with E-state index in [0.29, 0.717) is 44.7 Å². The van der Waals surface area contributed by atoms with Gasteiger partial charge in [-0.25, -0.2) is 0 Å². The predicted octanol–water partition coefficient (Wildman–Crippen LogP) is 3.45. The average molecular weight is 460 g/mol. The highest BCUT2D eigenvalue weighted by molar-refractivity contribution is 6.02. The van der Waals surface area contributed by atoms with Crippen molar-refractivity contribution in [2.24, 2.45) is 7.05 Å². The third-order valence-electron chi connectivity index (χ3n) is 7.74. The molecule has 2 aromatic carbocycles. The molecule has 3 aliphatic heterocycles. The maximum Gasteiger partial charge on any atom is 0.254 e. The number of para-hydroxylation sites is 1. The molecule has 34 heavy (non-hydrogen) atoms. The van der Waals surface area contributed by atoms with E-state index in [-0.39, 0.29) is 11.8 Å². The summed E-state index contributed by atoms with van der Waals surface area (Å²) in [5, 5.41) is 1.07. The normalized spacial score (nSPS) is 24.1. The van der Waals surface area contributed by atoms with Crippen LogP contribution in [0.2, 0.25) is 0 Å². The van der Waals surface area contributed by atoms with Crippen LogP contribution in [0.15, 0.2) is 54.7 Å². The smallest absolute Gasteiger partial charge is 0.254 e. The van der Waals surface area contributed by atoms with E-state index in [0.717, 1.165) is 22.0 Å². The third-order valence-corrected chi connectivity index (χ3v) is 7.74. The van der Waals surface area contributed by atoms with Gasteiger partial charge in [0.25, 0.3) is 5.91 Å². The minimum absolute atomic E-state index is 0.0528. The van der Waals surface area contributed by atoms with Crippen LogP contribution in [0, 0.1) is 0 Å². The van der Waals surface area contributed by atoms with Gasteiger partial charge in [-0.1, -0.05) is 36.4 Å². The Hall–Kier alpha value is -3.16. The van der Waals surface area contributed by atoms with E-state index >= 15 is 0 Å². The molecule has 7 heteroatoms. The highest BCUT2D eigenvalue weighted by atomic mass is 16.7. The molecular formula is C27H29N3O4. The van der Waals surface area contributed by atoms with Crippen molar-refractivity contribution in [3.63, 3.8) is 0 Å². The van der Waals surface area contributed by atoms with E-state index in [2.05, 4.69) is 22.9 Å². The molecule has 0 radical (unpaired) electrons. The molecule has 2 fully saturated rings. The van der Waals surface area contributed by atoms with Gasteiger partial charge in [-0.15, -0.1) is 0 Å². The maximum absolute atomic E-state index is 14.2. The first-order valence-corrected chi connectivity index (χ1v) is 12.0. The summed E-state index contributed by atoms with van der Waals surface area (Å²) in [6.45, 7) is 2.38. The van der Waals surface area contributed by atoms with Crippen LogP contribution in [0.25, 0.3) is 10.9 Å². The molecule has 1 aromatic heterocycles. The number of piperidine rings is 1. The van der Waals surface area contributed by atoms with Crippen molar-refractivity contribution in [2.45, 2.75) is 30.6 Å². The van der Waals surface area contributed by atoms with Gasteiger partial charge in [0.15, 0.2) is 5.79 Å². The number of nitrogens with zero attached hydrogens (tertiary/aromatic N) is 3. The zero-order valence-corrected chi connectivity index (χ0v) is 19.6. The first-order chi connectivity index (χ1) is 16.5. The van der Waals surface area contributed by atoms with Crippen LogP contribution < -0.4 is 0 Å². The molecule has 7 nitrogen and oxygen atoms in total. The summed E-state index contributed by atoms with van der Waals surface area (Å²) < 4.78 is 13.8. The molecule has 6 rings (SSSR count). The van der Waals surface area contributed by atoms with Crippen LogP contribution in [0.1, 0.15) is 46.3 Å². The SMILES string of the molecule is CN1C(=O)c2ccccc2C(C(=O)N2CCC3(CC2)OCCO3)C1c1cn(C)c2ccccc12. The molecule has 2 saturated heterocycles. The Balaban J connectivity index is 1.43. The van der Waals surface area contributed by atoms with Gasteiger partial charge in [0.1, 0.15) is 0 Å². The van der Waals surface area contributed by atoms with Gasteiger partial charge in [0, 0.05) is 68.3 Å². The van der Waals surface area contributed by atoms with Gasteiger partial charge in [0.2, 0.25) is 5.91 Å². The van der Waals surface area contributed by atoms with Crippen molar-refractivity contribution in [3.05, 3.63) is 71.4 Å². The summed E-state index contributed by atoms with van der Waals surface area (Å²) in [7, 11) is 3.82. The molecule has 2 unspecified atom stereocenters. The molecule has 2 atom stereocenters. The lowest BCUT2D eigenvalue weighted by molar-refractivity contribution is -0.188. The number of likely N-dealkylation sites (tertiary alicyclic amines) is 1. The van der Waals surface area contributed by atoms with Crippen LogP contribution in [0.3, 0.4) is 0 Å². The second kappa shape index (κ2) is 7.96. The van der Waals surface area contributed by atoms with Gasteiger partial charge in [-0.3, -0.25) is 9.59 Å². The van der Waals surface area contributed by atoms with Crippen LogP contribution >= 0.6 is 0 Å². The number of aryl methyl sites for hydroxylation is 1. The largest absolute Gasteiger partial charge is 0.350 e. The highest BCUT2D eigenvalue weighted by Crippen LogP contribution is 2.46. The lowest BCUT2D eigenvalue weighted by atomic mass is 9.78. The number of ether oxygens (including phenoxy) is 2. The number of benzene rings is 2. The van der Waals surface area contributed by atoms with Crippen molar-refractivity contribution in [3.8, 4) is 0 Å². The van der Waals surface area contributed by atoms with Crippen LogP contribution in [0.5, 0.6) is 0 Å². The van der Waals surface area contributed by atoms with Gasteiger partial charge in [0.05, 0.1) is 25.2 Å².